The predicted molar refractivity (Wildman–Crippen MR) is 104 cm³/mol. The number of hydrogen-bond donors (Lipinski definition) is 2. The second-order valence-electron chi connectivity index (χ2n) is 7.50. The fraction of sp³-hybridized carbons (Fsp3) is 0.364. The van der Waals surface area contributed by atoms with Gasteiger partial charge in [0, 0.05) is 17.3 Å². The summed E-state index contributed by atoms with van der Waals surface area (Å²) in [6, 6.07) is 5.92. The van der Waals surface area contributed by atoms with E-state index < -0.39 is 34.9 Å². The first kappa shape index (κ1) is 21.8. The summed E-state index contributed by atoms with van der Waals surface area (Å²) in [6.45, 7) is 1.51. The zero-order valence-electron chi connectivity index (χ0n) is 16.4. The van der Waals surface area contributed by atoms with Gasteiger partial charge in [0.15, 0.2) is 0 Å². The zero-order valence-corrected chi connectivity index (χ0v) is 16.4. The summed E-state index contributed by atoms with van der Waals surface area (Å²) >= 11 is 0. The van der Waals surface area contributed by atoms with Crippen LogP contribution >= 0.6 is 0 Å². The van der Waals surface area contributed by atoms with E-state index in [1.165, 1.54) is 19.1 Å². The van der Waals surface area contributed by atoms with Crippen molar-refractivity contribution in [2.24, 2.45) is 0 Å². The maximum Gasteiger partial charge on any atom is 0.352 e. The lowest BCUT2D eigenvalue weighted by Gasteiger charge is -2.25. The largest absolute Gasteiger partial charge is 0.352 e. The van der Waals surface area contributed by atoms with Crippen molar-refractivity contribution >= 4 is 17.5 Å². The lowest BCUT2D eigenvalue weighted by atomic mass is 9.95. The van der Waals surface area contributed by atoms with E-state index in [2.05, 4.69) is 10.6 Å². The highest BCUT2D eigenvalue weighted by atomic mass is 19.3. The molecule has 160 valence electrons. The van der Waals surface area contributed by atoms with Crippen LogP contribution in [0.5, 0.6) is 0 Å². The standard InChI is InChI=1S/C22H22F4N2O2/c1-13-11-16(8-10-18(13)23)27-20(29)14-7-9-19(24)17(12-14)22(25,26)21(30)28-15-5-3-2-4-6-15/h7-12,15H,2-6H2,1H3,(H,27,29)(H,28,30). The third-order valence-corrected chi connectivity index (χ3v) is 5.21. The van der Waals surface area contributed by atoms with Gasteiger partial charge < -0.3 is 10.6 Å². The van der Waals surface area contributed by atoms with Crippen LogP contribution in [0.15, 0.2) is 36.4 Å². The molecule has 0 atom stereocenters. The summed E-state index contributed by atoms with van der Waals surface area (Å²) in [5, 5.41) is 4.74. The van der Waals surface area contributed by atoms with Crippen molar-refractivity contribution < 1.29 is 27.2 Å². The Bertz CT molecular complexity index is 956. The number of benzene rings is 2. The monoisotopic (exact) mass is 422 g/mol. The summed E-state index contributed by atoms with van der Waals surface area (Å²) in [4.78, 5) is 24.6. The molecule has 0 heterocycles. The molecule has 0 spiro atoms. The average molecular weight is 422 g/mol. The van der Waals surface area contributed by atoms with Gasteiger partial charge >= 0.3 is 5.92 Å². The number of carbonyl (C=O) groups excluding carboxylic acids is 2. The second-order valence-corrected chi connectivity index (χ2v) is 7.50. The van der Waals surface area contributed by atoms with Crippen molar-refractivity contribution in [3.05, 3.63) is 64.7 Å². The molecule has 0 bridgehead atoms. The van der Waals surface area contributed by atoms with Crippen molar-refractivity contribution in [2.75, 3.05) is 5.32 Å². The van der Waals surface area contributed by atoms with Crippen LogP contribution in [-0.4, -0.2) is 17.9 Å². The van der Waals surface area contributed by atoms with E-state index in [1.54, 1.807) is 0 Å². The van der Waals surface area contributed by atoms with Crippen LogP contribution in [-0.2, 0) is 10.7 Å². The Kier molecular flexibility index (Phi) is 6.43. The molecule has 0 saturated heterocycles. The van der Waals surface area contributed by atoms with Gasteiger partial charge in [-0.1, -0.05) is 19.3 Å². The maximum absolute atomic E-state index is 14.7. The third-order valence-electron chi connectivity index (χ3n) is 5.21. The first-order chi connectivity index (χ1) is 14.2. The predicted octanol–water partition coefficient (Wildman–Crippen LogP) is 5.07. The van der Waals surface area contributed by atoms with E-state index >= 15 is 0 Å². The summed E-state index contributed by atoms with van der Waals surface area (Å²) in [6.07, 6.45) is 3.86. The number of rotatable bonds is 5. The topological polar surface area (TPSA) is 58.2 Å². The Morgan fingerprint density at radius 2 is 1.63 bits per heavy atom. The zero-order chi connectivity index (χ0) is 21.9. The number of amides is 2. The Hall–Kier alpha value is -2.90. The molecular weight excluding hydrogens is 400 g/mol. The average Bonchev–Trinajstić information content (AvgIpc) is 2.71. The van der Waals surface area contributed by atoms with Crippen LogP contribution in [0.1, 0.15) is 53.6 Å². The maximum atomic E-state index is 14.7. The van der Waals surface area contributed by atoms with Gasteiger partial charge in [0.05, 0.1) is 5.56 Å². The minimum atomic E-state index is -4.13. The highest BCUT2D eigenvalue weighted by molar-refractivity contribution is 6.04. The number of nitrogens with one attached hydrogen (secondary N) is 2. The number of carbonyl (C=O) groups is 2. The van der Waals surface area contributed by atoms with Crippen LogP contribution in [0.2, 0.25) is 0 Å². The fourth-order valence-electron chi connectivity index (χ4n) is 3.48. The number of hydrogen-bond acceptors (Lipinski definition) is 2. The molecule has 2 aromatic rings. The van der Waals surface area contributed by atoms with Gasteiger partial charge in [-0.25, -0.2) is 8.78 Å². The smallest absolute Gasteiger partial charge is 0.348 e. The quantitative estimate of drug-likeness (QED) is 0.662. The summed E-state index contributed by atoms with van der Waals surface area (Å²) in [7, 11) is 0. The van der Waals surface area contributed by atoms with Crippen LogP contribution in [0.25, 0.3) is 0 Å². The Balaban J connectivity index is 1.79. The normalized spacial score (nSPS) is 15.0. The van der Waals surface area contributed by atoms with Gasteiger partial charge in [-0.3, -0.25) is 9.59 Å². The molecule has 4 nitrogen and oxygen atoms in total. The van der Waals surface area contributed by atoms with E-state index in [4.69, 9.17) is 0 Å². The van der Waals surface area contributed by atoms with Crippen LogP contribution in [0.4, 0.5) is 23.2 Å². The van der Waals surface area contributed by atoms with E-state index in [1.807, 2.05) is 0 Å². The lowest BCUT2D eigenvalue weighted by molar-refractivity contribution is -0.148. The molecule has 8 heteroatoms. The molecule has 2 aromatic carbocycles. The van der Waals surface area contributed by atoms with Gasteiger partial charge in [-0.05, 0) is 61.7 Å². The van der Waals surface area contributed by atoms with Gasteiger partial charge in [0.25, 0.3) is 11.8 Å². The van der Waals surface area contributed by atoms with E-state index in [0.29, 0.717) is 24.5 Å². The summed E-state index contributed by atoms with van der Waals surface area (Å²) < 4.78 is 56.9. The molecule has 1 fully saturated rings. The van der Waals surface area contributed by atoms with Gasteiger partial charge in [-0.15, -0.1) is 0 Å². The second kappa shape index (κ2) is 8.85. The molecule has 0 aromatic heterocycles. The molecular formula is C22H22F4N2O2. The van der Waals surface area contributed by atoms with Gasteiger partial charge in [0.1, 0.15) is 11.6 Å². The Morgan fingerprint density at radius 1 is 0.967 bits per heavy atom. The molecule has 2 amide bonds. The number of halogens is 4. The van der Waals surface area contributed by atoms with E-state index in [9.17, 15) is 27.2 Å². The van der Waals surface area contributed by atoms with Crippen molar-refractivity contribution in [1.29, 1.82) is 0 Å². The van der Waals surface area contributed by atoms with Crippen LogP contribution in [0.3, 0.4) is 0 Å². The van der Waals surface area contributed by atoms with Crippen LogP contribution in [0, 0.1) is 18.6 Å². The summed E-state index contributed by atoms with van der Waals surface area (Å²) in [5.74, 6) is -8.25. The van der Waals surface area contributed by atoms with Crippen molar-refractivity contribution in [2.45, 2.75) is 51.0 Å². The molecule has 1 aliphatic rings. The van der Waals surface area contributed by atoms with Crippen molar-refractivity contribution in [3.63, 3.8) is 0 Å². The fourth-order valence-corrected chi connectivity index (χ4v) is 3.48. The number of anilines is 1. The van der Waals surface area contributed by atoms with Gasteiger partial charge in [0.2, 0.25) is 0 Å². The molecule has 0 unspecified atom stereocenters. The first-order valence-electron chi connectivity index (χ1n) is 9.75. The number of aryl methyl sites for hydroxylation is 1. The molecule has 30 heavy (non-hydrogen) atoms. The SMILES string of the molecule is Cc1cc(NC(=O)c2ccc(F)c(C(F)(F)C(=O)NC3CCCCC3)c2)ccc1F. The summed E-state index contributed by atoms with van der Waals surface area (Å²) in [5.41, 5.74) is -0.873. The van der Waals surface area contributed by atoms with Crippen molar-refractivity contribution in [3.8, 4) is 0 Å². The third kappa shape index (κ3) is 4.80. The first-order valence-corrected chi connectivity index (χ1v) is 9.75. The van der Waals surface area contributed by atoms with Crippen molar-refractivity contribution in [1.82, 2.24) is 5.32 Å². The molecule has 0 radical (unpaired) electrons. The molecule has 1 saturated carbocycles. The van der Waals surface area contributed by atoms with E-state index in [-0.39, 0.29) is 17.3 Å². The molecule has 1 aliphatic carbocycles. The van der Waals surface area contributed by atoms with Crippen LogP contribution < -0.4 is 10.6 Å². The Labute approximate surface area is 171 Å². The molecule has 0 aliphatic heterocycles. The highest BCUT2D eigenvalue weighted by Crippen LogP contribution is 2.32. The minimum Gasteiger partial charge on any atom is -0.348 e. The van der Waals surface area contributed by atoms with Gasteiger partial charge in [-0.2, -0.15) is 8.78 Å². The van der Waals surface area contributed by atoms with E-state index in [0.717, 1.165) is 37.5 Å². The minimum absolute atomic E-state index is 0.251. The lowest BCUT2D eigenvalue weighted by Crippen LogP contribution is -2.45. The highest BCUT2D eigenvalue weighted by Gasteiger charge is 2.44. The number of alkyl halides is 2. The molecule has 2 N–H and O–H groups in total. The Morgan fingerprint density at radius 3 is 2.30 bits per heavy atom. The molecule has 3 rings (SSSR count).